The average molecular weight is 422 g/mol. The van der Waals surface area contributed by atoms with E-state index in [-0.39, 0.29) is 17.5 Å². The number of halogens is 1. The lowest BCUT2D eigenvalue weighted by Crippen LogP contribution is -2.38. The summed E-state index contributed by atoms with van der Waals surface area (Å²) in [5, 5.41) is 12.2. The number of hydrogen-bond acceptors (Lipinski definition) is 6. The molecule has 1 aromatic heterocycles. The Bertz CT molecular complexity index is 791. The predicted octanol–water partition coefficient (Wildman–Crippen LogP) is 2.28. The van der Waals surface area contributed by atoms with Crippen molar-refractivity contribution in [2.24, 2.45) is 5.92 Å². The molecular formula is C20H28FN5O2S. The topological polar surface area (TPSA) is 72.3 Å². The van der Waals surface area contributed by atoms with Crippen LogP contribution >= 0.6 is 11.8 Å². The summed E-state index contributed by atoms with van der Waals surface area (Å²) < 4.78 is 20.8. The number of benzene rings is 1. The molecule has 0 bridgehead atoms. The van der Waals surface area contributed by atoms with Crippen LogP contribution in [0.4, 0.5) is 4.39 Å². The van der Waals surface area contributed by atoms with E-state index >= 15 is 0 Å². The van der Waals surface area contributed by atoms with E-state index in [1.54, 1.807) is 12.1 Å². The molecule has 1 amide bonds. The van der Waals surface area contributed by atoms with E-state index in [2.05, 4.69) is 34.3 Å². The third-order valence-electron chi connectivity index (χ3n) is 4.60. The Hall–Kier alpha value is -1.97. The summed E-state index contributed by atoms with van der Waals surface area (Å²) >= 11 is 1.37. The molecule has 1 N–H and O–H groups in total. The van der Waals surface area contributed by atoms with Crippen LogP contribution in [0.1, 0.15) is 13.8 Å². The van der Waals surface area contributed by atoms with Crippen LogP contribution in [0.3, 0.4) is 0 Å². The van der Waals surface area contributed by atoms with Crippen molar-refractivity contribution in [1.82, 2.24) is 25.0 Å². The second kappa shape index (κ2) is 10.7. The molecule has 0 radical (unpaired) electrons. The number of amides is 1. The van der Waals surface area contributed by atoms with Crippen LogP contribution in [0.15, 0.2) is 29.4 Å². The van der Waals surface area contributed by atoms with E-state index in [4.69, 9.17) is 4.74 Å². The Morgan fingerprint density at radius 1 is 1.21 bits per heavy atom. The number of nitrogens with zero attached hydrogens (tertiary/aromatic N) is 4. The van der Waals surface area contributed by atoms with Crippen LogP contribution in [-0.4, -0.2) is 70.7 Å². The van der Waals surface area contributed by atoms with E-state index in [0.29, 0.717) is 30.0 Å². The van der Waals surface area contributed by atoms with Crippen molar-refractivity contribution in [2.75, 3.05) is 45.1 Å². The molecule has 158 valence electrons. The van der Waals surface area contributed by atoms with Crippen LogP contribution in [0.5, 0.6) is 0 Å². The second-order valence-electron chi connectivity index (χ2n) is 7.41. The summed E-state index contributed by atoms with van der Waals surface area (Å²) in [5.74, 6) is 1.07. The molecule has 0 aliphatic carbocycles. The van der Waals surface area contributed by atoms with Crippen molar-refractivity contribution < 1.29 is 13.9 Å². The Labute approximate surface area is 175 Å². The molecule has 0 saturated carbocycles. The molecule has 1 aromatic carbocycles. The molecule has 9 heteroatoms. The van der Waals surface area contributed by atoms with Crippen molar-refractivity contribution in [3.8, 4) is 11.4 Å². The summed E-state index contributed by atoms with van der Waals surface area (Å²) in [6.07, 6.45) is 0. The highest BCUT2D eigenvalue weighted by Crippen LogP contribution is 2.24. The van der Waals surface area contributed by atoms with Gasteiger partial charge >= 0.3 is 0 Å². The third kappa shape index (κ3) is 6.52. The Balaban J connectivity index is 1.72. The fourth-order valence-electron chi connectivity index (χ4n) is 2.97. The van der Waals surface area contributed by atoms with Gasteiger partial charge in [-0.05, 0) is 30.2 Å². The molecule has 0 unspecified atom stereocenters. The lowest BCUT2D eigenvalue weighted by molar-refractivity contribution is -0.118. The lowest BCUT2D eigenvalue weighted by Gasteiger charge is -2.27. The molecule has 3 rings (SSSR count). The first-order valence-electron chi connectivity index (χ1n) is 9.91. The minimum atomic E-state index is -0.287. The van der Waals surface area contributed by atoms with Gasteiger partial charge in [-0.25, -0.2) is 4.39 Å². The van der Waals surface area contributed by atoms with Gasteiger partial charge in [0.05, 0.1) is 19.0 Å². The predicted molar refractivity (Wildman–Crippen MR) is 111 cm³/mol. The zero-order chi connectivity index (χ0) is 20.6. The number of carbonyl (C=O) groups is 1. The van der Waals surface area contributed by atoms with E-state index < -0.39 is 0 Å². The van der Waals surface area contributed by atoms with Crippen molar-refractivity contribution in [3.63, 3.8) is 0 Å². The van der Waals surface area contributed by atoms with E-state index in [9.17, 15) is 9.18 Å². The highest BCUT2D eigenvalue weighted by Gasteiger charge is 2.18. The molecule has 7 nitrogen and oxygen atoms in total. The van der Waals surface area contributed by atoms with Gasteiger partial charge in [-0.1, -0.05) is 25.6 Å². The minimum absolute atomic E-state index is 0.0187. The molecule has 1 saturated heterocycles. The summed E-state index contributed by atoms with van der Waals surface area (Å²) in [7, 11) is 0. The van der Waals surface area contributed by atoms with Gasteiger partial charge in [-0.2, -0.15) is 0 Å². The van der Waals surface area contributed by atoms with Gasteiger partial charge in [0.15, 0.2) is 11.0 Å². The van der Waals surface area contributed by atoms with Gasteiger partial charge in [0, 0.05) is 38.3 Å². The average Bonchev–Trinajstić information content (AvgIpc) is 3.13. The number of morpholine rings is 1. The molecule has 0 spiro atoms. The fraction of sp³-hybridized carbons (Fsp3) is 0.550. The standard InChI is InChI=1S/C20H28FN5O2S/c1-15(2)13-22-18(27)14-29-20-24-23-19(16-3-5-17(21)6-4-16)26(20)8-7-25-9-11-28-12-10-25/h3-6,15H,7-14H2,1-2H3,(H,22,27). The first-order chi connectivity index (χ1) is 14.0. The molecule has 2 heterocycles. The van der Waals surface area contributed by atoms with E-state index in [1.807, 2.05) is 4.57 Å². The fourth-order valence-corrected chi connectivity index (χ4v) is 3.77. The van der Waals surface area contributed by atoms with Crippen LogP contribution in [0.25, 0.3) is 11.4 Å². The molecular weight excluding hydrogens is 393 g/mol. The monoisotopic (exact) mass is 421 g/mol. The van der Waals surface area contributed by atoms with Crippen LogP contribution in [0, 0.1) is 11.7 Å². The SMILES string of the molecule is CC(C)CNC(=O)CSc1nnc(-c2ccc(F)cc2)n1CCN1CCOCC1. The molecule has 0 atom stereocenters. The third-order valence-corrected chi connectivity index (χ3v) is 5.57. The summed E-state index contributed by atoms with van der Waals surface area (Å²) in [5.41, 5.74) is 0.803. The maximum absolute atomic E-state index is 13.3. The number of carbonyl (C=O) groups excluding carboxylic acids is 1. The number of nitrogens with one attached hydrogen (secondary N) is 1. The van der Waals surface area contributed by atoms with Gasteiger partial charge < -0.3 is 14.6 Å². The maximum atomic E-state index is 13.3. The number of hydrogen-bond donors (Lipinski definition) is 1. The Morgan fingerprint density at radius 2 is 1.93 bits per heavy atom. The van der Waals surface area contributed by atoms with Gasteiger partial charge in [-0.15, -0.1) is 10.2 Å². The molecule has 1 aliphatic heterocycles. The largest absolute Gasteiger partial charge is 0.379 e. The minimum Gasteiger partial charge on any atom is -0.379 e. The lowest BCUT2D eigenvalue weighted by atomic mass is 10.2. The van der Waals surface area contributed by atoms with Crippen molar-refractivity contribution in [3.05, 3.63) is 30.1 Å². The zero-order valence-electron chi connectivity index (χ0n) is 16.9. The van der Waals surface area contributed by atoms with Gasteiger partial charge in [0.1, 0.15) is 5.82 Å². The normalized spacial score (nSPS) is 15.0. The first kappa shape index (κ1) is 21.7. The Kier molecular flexibility index (Phi) is 8.02. The van der Waals surface area contributed by atoms with Crippen molar-refractivity contribution in [2.45, 2.75) is 25.5 Å². The van der Waals surface area contributed by atoms with Crippen molar-refractivity contribution in [1.29, 1.82) is 0 Å². The molecule has 1 aliphatic rings. The van der Waals surface area contributed by atoms with Crippen LogP contribution in [-0.2, 0) is 16.1 Å². The quantitative estimate of drug-likeness (QED) is 0.627. The number of ether oxygens (including phenoxy) is 1. The second-order valence-corrected chi connectivity index (χ2v) is 8.35. The Morgan fingerprint density at radius 3 is 2.62 bits per heavy atom. The maximum Gasteiger partial charge on any atom is 0.230 e. The van der Waals surface area contributed by atoms with E-state index in [0.717, 1.165) is 38.4 Å². The van der Waals surface area contributed by atoms with Crippen molar-refractivity contribution >= 4 is 17.7 Å². The highest BCUT2D eigenvalue weighted by molar-refractivity contribution is 7.99. The smallest absolute Gasteiger partial charge is 0.230 e. The van der Waals surface area contributed by atoms with Gasteiger partial charge in [0.25, 0.3) is 0 Å². The summed E-state index contributed by atoms with van der Waals surface area (Å²) in [6.45, 7) is 9.58. The van der Waals surface area contributed by atoms with Gasteiger partial charge in [-0.3, -0.25) is 9.69 Å². The van der Waals surface area contributed by atoms with E-state index in [1.165, 1.54) is 23.9 Å². The van der Waals surface area contributed by atoms with Crippen LogP contribution in [0.2, 0.25) is 0 Å². The number of aromatic nitrogens is 3. The molecule has 2 aromatic rings. The number of thioether (sulfide) groups is 1. The summed E-state index contributed by atoms with van der Waals surface area (Å²) in [6, 6.07) is 6.24. The van der Waals surface area contributed by atoms with Gasteiger partial charge in [0.2, 0.25) is 5.91 Å². The zero-order valence-corrected chi connectivity index (χ0v) is 17.8. The van der Waals surface area contributed by atoms with Crippen LogP contribution < -0.4 is 5.32 Å². The number of rotatable bonds is 9. The first-order valence-corrected chi connectivity index (χ1v) is 10.9. The summed E-state index contributed by atoms with van der Waals surface area (Å²) in [4.78, 5) is 14.4. The highest BCUT2D eigenvalue weighted by atomic mass is 32.2. The molecule has 29 heavy (non-hydrogen) atoms. The molecule has 1 fully saturated rings.